The molecule has 4 amide bonds. The van der Waals surface area contributed by atoms with Crippen molar-refractivity contribution in [2.45, 2.75) is 41.3 Å². The first-order chi connectivity index (χ1) is 18.9. The van der Waals surface area contributed by atoms with Crippen molar-refractivity contribution in [3.05, 3.63) is 53.6 Å². The minimum absolute atomic E-state index is 0.0296. The van der Waals surface area contributed by atoms with E-state index in [4.69, 9.17) is 28.3 Å². The average Bonchev–Trinajstić information content (AvgIpc) is 3.24. The maximum atomic E-state index is 13.8. The number of imide groups is 2. The highest BCUT2D eigenvalue weighted by molar-refractivity contribution is 6.53. The number of nitrogens with zero attached hydrogens (tertiary/aromatic N) is 2. The van der Waals surface area contributed by atoms with Gasteiger partial charge in [-0.1, -0.05) is 42.0 Å². The number of rotatable bonds is 5. The van der Waals surface area contributed by atoms with Gasteiger partial charge in [0, 0.05) is 31.5 Å². The molecule has 4 aliphatic rings. The molecule has 0 spiro atoms. The summed E-state index contributed by atoms with van der Waals surface area (Å²) in [6, 6.07) is 10.5. The van der Waals surface area contributed by atoms with Crippen molar-refractivity contribution in [3.8, 4) is 5.75 Å². The number of alkyl halides is 2. The van der Waals surface area contributed by atoms with E-state index >= 15 is 0 Å². The molecule has 2 aliphatic heterocycles. The molecular formula is C29H26Cl2N2O7. The third-order valence-corrected chi connectivity index (χ3v) is 10.5. The van der Waals surface area contributed by atoms with Gasteiger partial charge in [-0.3, -0.25) is 33.8 Å². The summed E-state index contributed by atoms with van der Waals surface area (Å²) in [6.45, 7) is -0.0296. The summed E-state index contributed by atoms with van der Waals surface area (Å²) >= 11 is 14.4. The topological polar surface area (TPSA) is 132 Å². The van der Waals surface area contributed by atoms with Crippen molar-refractivity contribution in [3.63, 3.8) is 0 Å². The van der Waals surface area contributed by atoms with Crippen LogP contribution in [0.25, 0.3) is 10.8 Å². The van der Waals surface area contributed by atoms with Crippen LogP contribution in [-0.4, -0.2) is 73.0 Å². The van der Waals surface area contributed by atoms with E-state index in [1.54, 1.807) is 24.3 Å². The van der Waals surface area contributed by atoms with Crippen molar-refractivity contribution in [1.29, 1.82) is 0 Å². The van der Waals surface area contributed by atoms with Gasteiger partial charge in [0.05, 0.1) is 11.8 Å². The number of phenols is 1. The Bertz CT molecular complexity index is 1560. The zero-order valence-corrected chi connectivity index (χ0v) is 23.0. The Labute approximate surface area is 239 Å². The van der Waals surface area contributed by atoms with Crippen LogP contribution in [0.2, 0.25) is 0 Å². The lowest BCUT2D eigenvalue weighted by molar-refractivity contribution is -0.142. The number of carbonyl (C=O) groups is 5. The van der Waals surface area contributed by atoms with Crippen molar-refractivity contribution >= 4 is 63.6 Å². The zero-order valence-electron chi connectivity index (χ0n) is 21.5. The number of aliphatic carboxylic acids is 1. The van der Waals surface area contributed by atoms with E-state index in [1.807, 2.05) is 12.1 Å². The first-order valence-electron chi connectivity index (χ1n) is 13.1. The summed E-state index contributed by atoms with van der Waals surface area (Å²) in [5.74, 6) is -6.75. The fourth-order valence-corrected chi connectivity index (χ4v) is 8.33. The fraction of sp³-hybridized carbons (Fsp3) is 0.414. The van der Waals surface area contributed by atoms with Crippen LogP contribution in [0.3, 0.4) is 0 Å². The molecule has 2 saturated heterocycles. The maximum absolute atomic E-state index is 13.8. The number of hydrogen-bond donors (Lipinski definition) is 2. The first kappa shape index (κ1) is 26.8. The second-order valence-corrected chi connectivity index (χ2v) is 12.3. The zero-order chi connectivity index (χ0) is 28.7. The molecule has 11 heteroatoms. The molecular weight excluding hydrogens is 559 g/mol. The molecule has 2 heterocycles. The fourth-order valence-electron chi connectivity index (χ4n) is 7.32. The second-order valence-electron chi connectivity index (χ2n) is 11.0. The van der Waals surface area contributed by atoms with E-state index in [0.717, 1.165) is 15.2 Å². The van der Waals surface area contributed by atoms with Gasteiger partial charge in [0.15, 0.2) is 9.75 Å². The van der Waals surface area contributed by atoms with Gasteiger partial charge in [-0.15, -0.1) is 23.2 Å². The molecule has 0 aromatic heterocycles. The Kier molecular flexibility index (Phi) is 6.05. The molecule has 0 unspecified atom stereocenters. The molecule has 0 bridgehead atoms. The smallest absolute Gasteiger partial charge is 0.303 e. The molecule has 2 aliphatic carbocycles. The lowest BCUT2D eigenvalue weighted by Crippen LogP contribution is -2.60. The number of benzene rings is 2. The molecule has 6 atom stereocenters. The highest BCUT2D eigenvalue weighted by Gasteiger charge is 2.76. The molecule has 6 rings (SSSR count). The van der Waals surface area contributed by atoms with Gasteiger partial charge >= 0.3 is 5.97 Å². The predicted octanol–water partition coefficient (Wildman–Crippen LogP) is 3.40. The number of fused-ring (bicyclic) bond motifs is 5. The number of carboxylic acid groups (broad SMARTS) is 1. The lowest BCUT2D eigenvalue weighted by atomic mass is 9.56. The van der Waals surface area contributed by atoms with Crippen LogP contribution in [0.4, 0.5) is 0 Å². The molecule has 9 nitrogen and oxygen atoms in total. The largest absolute Gasteiger partial charge is 0.508 e. The van der Waals surface area contributed by atoms with Gasteiger partial charge in [-0.05, 0) is 42.0 Å². The summed E-state index contributed by atoms with van der Waals surface area (Å²) in [5, 5.41) is 21.6. The summed E-state index contributed by atoms with van der Waals surface area (Å²) in [6.07, 6.45) is 1.78. The van der Waals surface area contributed by atoms with Gasteiger partial charge in [0.25, 0.3) is 11.8 Å². The van der Waals surface area contributed by atoms with E-state index in [0.29, 0.717) is 16.5 Å². The Hall–Kier alpha value is -3.43. The molecule has 2 N–H and O–H groups in total. The third kappa shape index (κ3) is 3.37. The average molecular weight is 585 g/mol. The number of allylic oxidation sites excluding steroid dienone is 2. The van der Waals surface area contributed by atoms with Crippen LogP contribution in [0, 0.1) is 17.8 Å². The van der Waals surface area contributed by atoms with Crippen molar-refractivity contribution in [2.24, 2.45) is 17.8 Å². The van der Waals surface area contributed by atoms with E-state index < -0.39 is 63.0 Å². The quantitative estimate of drug-likeness (QED) is 0.312. The minimum atomic E-state index is -2.00. The lowest BCUT2D eigenvalue weighted by Gasteiger charge is -2.51. The molecule has 0 radical (unpaired) electrons. The van der Waals surface area contributed by atoms with Crippen molar-refractivity contribution < 1.29 is 34.2 Å². The standard InChI is InChI=1S/C29H26Cl2N2O7/c1-32-26(39)28(30)13-18-16(9-10-17-21(18)25(38)33(24(17)37)12-4-7-20(35)36)23(29(28,31)27(32)40)22-15-6-3-2-5-14(15)8-11-19(22)34/h2-3,5-6,8-9,11,17-18,21,23,34H,4,7,10,12-13H2,1H3,(H,35,36)/t17-,18+,21-,23+,28+,29-/m0/s1. The second kappa shape index (κ2) is 9.04. The van der Waals surface area contributed by atoms with Gasteiger partial charge in [-0.25, -0.2) is 0 Å². The van der Waals surface area contributed by atoms with Crippen LogP contribution in [0.15, 0.2) is 48.0 Å². The Balaban J connectivity index is 1.53. The highest BCUT2D eigenvalue weighted by atomic mass is 35.5. The van der Waals surface area contributed by atoms with E-state index in [1.165, 1.54) is 13.1 Å². The summed E-state index contributed by atoms with van der Waals surface area (Å²) in [4.78, 5) is 63.5. The first-order valence-corrected chi connectivity index (χ1v) is 13.9. The summed E-state index contributed by atoms with van der Waals surface area (Å²) < 4.78 is 0. The number of likely N-dealkylation sites (tertiary alicyclic amines) is 2. The summed E-state index contributed by atoms with van der Waals surface area (Å²) in [7, 11) is 1.31. The van der Waals surface area contributed by atoms with Gasteiger partial charge in [0.2, 0.25) is 11.8 Å². The number of hydrogen-bond acceptors (Lipinski definition) is 6. The number of phenolic OH excluding ortho intramolecular Hbond substituents is 1. The van der Waals surface area contributed by atoms with Crippen LogP contribution in [0.1, 0.15) is 37.2 Å². The SMILES string of the molecule is CN1C(=O)[C@]2(Cl)C[C@@H]3C(=CC[C@@H]4C(=O)N(CCCC(=O)O)C(=O)[C@@H]43)[C@H](c3c(O)ccc4ccccc34)[C@]2(Cl)C1=O. The maximum Gasteiger partial charge on any atom is 0.303 e. The predicted molar refractivity (Wildman–Crippen MR) is 145 cm³/mol. The number of amides is 4. The van der Waals surface area contributed by atoms with Crippen molar-refractivity contribution in [2.75, 3.05) is 13.6 Å². The monoisotopic (exact) mass is 584 g/mol. The van der Waals surface area contributed by atoms with Gasteiger partial charge in [-0.2, -0.15) is 0 Å². The van der Waals surface area contributed by atoms with Gasteiger partial charge < -0.3 is 10.2 Å². The van der Waals surface area contributed by atoms with Gasteiger partial charge in [0.1, 0.15) is 5.75 Å². The van der Waals surface area contributed by atoms with Crippen LogP contribution < -0.4 is 0 Å². The van der Waals surface area contributed by atoms with E-state index in [2.05, 4.69) is 0 Å². The molecule has 1 saturated carbocycles. The minimum Gasteiger partial charge on any atom is -0.508 e. The normalized spacial score (nSPS) is 33.2. The molecule has 40 heavy (non-hydrogen) atoms. The molecule has 208 valence electrons. The number of carbonyl (C=O) groups excluding carboxylic acids is 4. The van der Waals surface area contributed by atoms with Crippen LogP contribution >= 0.6 is 23.2 Å². The Morgan fingerprint density at radius 3 is 2.48 bits per heavy atom. The third-order valence-electron chi connectivity index (χ3n) is 9.11. The summed E-state index contributed by atoms with van der Waals surface area (Å²) in [5.41, 5.74) is 0.920. The Morgan fingerprint density at radius 1 is 1.02 bits per heavy atom. The van der Waals surface area contributed by atoms with E-state index in [9.17, 15) is 29.1 Å². The van der Waals surface area contributed by atoms with Crippen LogP contribution in [0.5, 0.6) is 5.75 Å². The number of halogens is 2. The Morgan fingerprint density at radius 2 is 1.75 bits per heavy atom. The molecule has 3 fully saturated rings. The molecule has 2 aromatic rings. The van der Waals surface area contributed by atoms with E-state index in [-0.39, 0.29) is 38.0 Å². The molecule has 2 aromatic carbocycles. The van der Waals surface area contributed by atoms with Crippen LogP contribution in [-0.2, 0) is 24.0 Å². The highest BCUT2D eigenvalue weighted by Crippen LogP contribution is 2.66. The number of aromatic hydroxyl groups is 1. The number of carboxylic acids is 1. The van der Waals surface area contributed by atoms with Crippen molar-refractivity contribution in [1.82, 2.24) is 9.80 Å².